The lowest BCUT2D eigenvalue weighted by atomic mass is 10.2. The van der Waals surface area contributed by atoms with Gasteiger partial charge in [-0.25, -0.2) is 21.9 Å². The van der Waals surface area contributed by atoms with Gasteiger partial charge >= 0.3 is 0 Å². The molecular weight excluding hydrogens is 491 g/mol. The van der Waals surface area contributed by atoms with Crippen LogP contribution in [0.1, 0.15) is 6.92 Å². The number of benzene rings is 1. The molecule has 1 aromatic rings. The molecule has 1 aromatic carbocycles. The molecule has 1 saturated heterocycles. The minimum atomic E-state index is -3.21. The Morgan fingerprint density at radius 2 is 1.85 bits per heavy atom. The van der Waals surface area contributed by atoms with E-state index in [1.807, 2.05) is 4.90 Å². The van der Waals surface area contributed by atoms with Crippen LogP contribution < -0.4 is 14.9 Å². The molecule has 11 heteroatoms. The van der Waals surface area contributed by atoms with E-state index in [4.69, 9.17) is 0 Å². The van der Waals surface area contributed by atoms with Crippen LogP contribution in [0.2, 0.25) is 0 Å². The Morgan fingerprint density at radius 3 is 2.44 bits per heavy atom. The number of nitrogens with zero attached hydrogens (tertiary/aromatic N) is 3. The highest BCUT2D eigenvalue weighted by Gasteiger charge is 2.22. The molecule has 1 fully saturated rings. The molecule has 2 N–H and O–H groups in total. The van der Waals surface area contributed by atoms with E-state index >= 15 is 0 Å². The third-order valence-corrected chi connectivity index (χ3v) is 5.55. The van der Waals surface area contributed by atoms with E-state index in [-0.39, 0.29) is 42.0 Å². The van der Waals surface area contributed by atoms with Crippen molar-refractivity contribution in [2.24, 2.45) is 4.99 Å². The van der Waals surface area contributed by atoms with Crippen LogP contribution in [-0.4, -0.2) is 71.3 Å². The second kappa shape index (κ2) is 11.0. The van der Waals surface area contributed by atoms with Crippen LogP contribution in [0.4, 0.5) is 14.5 Å². The highest BCUT2D eigenvalue weighted by atomic mass is 127. The molecule has 0 saturated carbocycles. The van der Waals surface area contributed by atoms with Gasteiger partial charge in [0.05, 0.1) is 11.4 Å². The van der Waals surface area contributed by atoms with E-state index in [1.54, 1.807) is 18.9 Å². The third-order valence-electron chi connectivity index (χ3n) is 4.15. The maximum atomic E-state index is 13.9. The Bertz CT molecular complexity index is 740. The van der Waals surface area contributed by atoms with Gasteiger partial charge < -0.3 is 15.1 Å². The highest BCUT2D eigenvalue weighted by Crippen LogP contribution is 2.21. The molecule has 2 rings (SSSR count). The van der Waals surface area contributed by atoms with Crippen LogP contribution in [0.25, 0.3) is 0 Å². The minimum Gasteiger partial charge on any atom is -0.366 e. The Hall–Kier alpha value is -1.21. The maximum Gasteiger partial charge on any atom is 0.211 e. The van der Waals surface area contributed by atoms with Gasteiger partial charge in [-0.1, -0.05) is 0 Å². The van der Waals surface area contributed by atoms with Crippen molar-refractivity contribution in [2.45, 2.75) is 6.92 Å². The standard InChI is InChI=1S/C16H25F2N5O2S.HI/c1-3-26(24,25)21-7-6-20-16(19-2)23-10-8-22(9-11-23)15-12-13(17)4-5-14(15)18;/h4-5,12,21H,3,6-11H2,1-2H3,(H,19,20);1H. The second-order valence-corrected chi connectivity index (χ2v) is 7.94. The van der Waals surface area contributed by atoms with Crippen LogP contribution in [0.3, 0.4) is 0 Å². The molecule has 0 aliphatic carbocycles. The van der Waals surface area contributed by atoms with Crippen LogP contribution in [0, 0.1) is 11.6 Å². The molecule has 7 nitrogen and oxygen atoms in total. The Morgan fingerprint density at radius 1 is 1.19 bits per heavy atom. The fraction of sp³-hybridized carbons (Fsp3) is 0.562. The number of anilines is 1. The van der Waals surface area contributed by atoms with Crippen LogP contribution >= 0.6 is 24.0 Å². The number of nitrogens with one attached hydrogen (secondary N) is 2. The van der Waals surface area contributed by atoms with E-state index in [0.29, 0.717) is 38.7 Å². The van der Waals surface area contributed by atoms with Gasteiger partial charge in [-0.05, 0) is 19.1 Å². The summed E-state index contributed by atoms with van der Waals surface area (Å²) in [5, 5.41) is 3.11. The number of piperazine rings is 1. The fourth-order valence-electron chi connectivity index (χ4n) is 2.70. The summed E-state index contributed by atoms with van der Waals surface area (Å²) in [6, 6.07) is 3.44. The van der Waals surface area contributed by atoms with Gasteiger partial charge in [0.15, 0.2) is 5.96 Å². The normalized spacial score (nSPS) is 15.5. The van der Waals surface area contributed by atoms with Crippen molar-refractivity contribution in [2.75, 3.05) is 57.0 Å². The van der Waals surface area contributed by atoms with Crippen molar-refractivity contribution in [1.29, 1.82) is 0 Å². The zero-order valence-corrected chi connectivity index (χ0v) is 18.6. The predicted molar refractivity (Wildman–Crippen MR) is 114 cm³/mol. The lowest BCUT2D eigenvalue weighted by Gasteiger charge is -2.37. The monoisotopic (exact) mass is 517 g/mol. The van der Waals surface area contributed by atoms with Crippen LogP contribution in [0.15, 0.2) is 23.2 Å². The van der Waals surface area contributed by atoms with Gasteiger partial charge in [0.2, 0.25) is 10.0 Å². The van der Waals surface area contributed by atoms with Crippen LogP contribution in [-0.2, 0) is 10.0 Å². The molecule has 154 valence electrons. The van der Waals surface area contributed by atoms with Gasteiger partial charge in [0.25, 0.3) is 0 Å². The van der Waals surface area contributed by atoms with Crippen LogP contribution in [0.5, 0.6) is 0 Å². The molecule has 0 spiro atoms. The molecule has 0 unspecified atom stereocenters. The van der Waals surface area contributed by atoms with Crippen molar-refractivity contribution in [3.63, 3.8) is 0 Å². The summed E-state index contributed by atoms with van der Waals surface area (Å²) in [6.45, 7) is 4.50. The van der Waals surface area contributed by atoms with Gasteiger partial charge in [-0.2, -0.15) is 0 Å². The summed E-state index contributed by atoms with van der Waals surface area (Å²) in [7, 11) is -1.56. The average molecular weight is 517 g/mol. The first-order chi connectivity index (χ1) is 12.4. The Kier molecular flexibility index (Phi) is 9.67. The summed E-state index contributed by atoms with van der Waals surface area (Å²) in [4.78, 5) is 8.00. The van der Waals surface area contributed by atoms with Gasteiger partial charge in [0.1, 0.15) is 11.6 Å². The number of hydrogen-bond acceptors (Lipinski definition) is 4. The summed E-state index contributed by atoms with van der Waals surface area (Å²) in [6.07, 6.45) is 0. The molecule has 1 heterocycles. The SMILES string of the molecule is CCS(=O)(=O)NCCNC(=NC)N1CCN(c2cc(F)ccc2F)CC1.I. The predicted octanol–water partition coefficient (Wildman–Crippen LogP) is 1.22. The molecule has 27 heavy (non-hydrogen) atoms. The molecule has 0 bridgehead atoms. The van der Waals surface area contributed by atoms with E-state index in [1.165, 1.54) is 6.07 Å². The second-order valence-electron chi connectivity index (χ2n) is 5.84. The zero-order valence-electron chi connectivity index (χ0n) is 15.4. The van der Waals surface area contributed by atoms with Crippen molar-refractivity contribution in [3.05, 3.63) is 29.8 Å². The number of hydrogen-bond donors (Lipinski definition) is 2. The van der Waals surface area contributed by atoms with Crippen molar-refractivity contribution in [1.82, 2.24) is 14.9 Å². The molecule has 0 atom stereocenters. The number of rotatable bonds is 6. The summed E-state index contributed by atoms with van der Waals surface area (Å²) in [5.74, 6) is -0.207. The highest BCUT2D eigenvalue weighted by molar-refractivity contribution is 14.0. The van der Waals surface area contributed by atoms with Crippen molar-refractivity contribution < 1.29 is 17.2 Å². The number of aliphatic imine (C=N–C) groups is 1. The smallest absolute Gasteiger partial charge is 0.211 e. The molecule has 0 aromatic heterocycles. The summed E-state index contributed by atoms with van der Waals surface area (Å²) >= 11 is 0. The summed E-state index contributed by atoms with van der Waals surface area (Å²) in [5.41, 5.74) is 0.265. The topological polar surface area (TPSA) is 77.0 Å². The third kappa shape index (κ3) is 7.03. The quantitative estimate of drug-likeness (QED) is 0.257. The first kappa shape index (κ1) is 23.8. The summed E-state index contributed by atoms with van der Waals surface area (Å²) < 4.78 is 52.5. The van der Waals surface area contributed by atoms with E-state index in [0.717, 1.165) is 12.1 Å². The molecular formula is C16H26F2IN5O2S. The van der Waals surface area contributed by atoms with E-state index < -0.39 is 21.7 Å². The molecule has 1 aliphatic rings. The lowest BCUT2D eigenvalue weighted by molar-refractivity contribution is 0.371. The van der Waals surface area contributed by atoms with Gasteiger partial charge in [-0.3, -0.25) is 4.99 Å². The maximum absolute atomic E-state index is 13.9. The van der Waals surface area contributed by atoms with Gasteiger partial charge in [-0.15, -0.1) is 24.0 Å². The average Bonchev–Trinajstić information content (AvgIpc) is 2.64. The van der Waals surface area contributed by atoms with E-state index in [9.17, 15) is 17.2 Å². The number of halogens is 3. The fourth-order valence-corrected chi connectivity index (χ4v) is 3.32. The largest absolute Gasteiger partial charge is 0.366 e. The Balaban J connectivity index is 0.00000364. The first-order valence-corrected chi connectivity index (χ1v) is 10.1. The van der Waals surface area contributed by atoms with Gasteiger partial charge in [0, 0.05) is 52.4 Å². The molecule has 1 aliphatic heterocycles. The Labute approximate surface area is 176 Å². The zero-order chi connectivity index (χ0) is 19.2. The van der Waals surface area contributed by atoms with E-state index in [2.05, 4.69) is 15.0 Å². The molecule has 0 amide bonds. The van der Waals surface area contributed by atoms with Crippen molar-refractivity contribution >= 4 is 45.6 Å². The number of guanidine groups is 1. The van der Waals surface area contributed by atoms with Crippen molar-refractivity contribution in [3.8, 4) is 0 Å². The first-order valence-electron chi connectivity index (χ1n) is 8.49. The lowest BCUT2D eigenvalue weighted by Crippen LogP contribution is -2.53. The molecule has 0 radical (unpaired) electrons. The number of sulfonamides is 1. The minimum absolute atomic E-state index is 0.